The maximum atomic E-state index is 13.2. The Morgan fingerprint density at radius 1 is 1.00 bits per heavy atom. The number of carbonyl (C=O) groups excluding carboxylic acids is 3. The van der Waals surface area contributed by atoms with Crippen molar-refractivity contribution in [2.75, 3.05) is 13.1 Å². The lowest BCUT2D eigenvalue weighted by atomic mass is 10.1. The number of rotatable bonds is 9. The third-order valence-electron chi connectivity index (χ3n) is 5.49. The lowest BCUT2D eigenvalue weighted by Gasteiger charge is -2.29. The highest BCUT2D eigenvalue weighted by atomic mass is 32.2. The van der Waals surface area contributed by atoms with Crippen LogP contribution in [0.3, 0.4) is 0 Å². The Balaban J connectivity index is 1.76. The largest absolute Gasteiger partial charge is 0.354 e. The Kier molecular flexibility index (Phi) is 7.53. The zero-order valence-electron chi connectivity index (χ0n) is 19.0. The van der Waals surface area contributed by atoms with Gasteiger partial charge in [0.25, 0.3) is 15.9 Å². The van der Waals surface area contributed by atoms with E-state index >= 15 is 0 Å². The van der Waals surface area contributed by atoms with Crippen molar-refractivity contribution in [3.63, 3.8) is 0 Å². The van der Waals surface area contributed by atoms with E-state index in [0.717, 1.165) is 9.87 Å². The molecule has 2 aromatic rings. The number of hydrogen-bond acceptors (Lipinski definition) is 5. The molecule has 2 aromatic carbocycles. The first-order valence-electron chi connectivity index (χ1n) is 10.9. The first-order valence-corrected chi connectivity index (χ1v) is 12.3. The second-order valence-electron chi connectivity index (χ2n) is 8.45. The Morgan fingerprint density at radius 2 is 1.64 bits per heavy atom. The fraction of sp³-hybridized carbons (Fsp3) is 0.375. The van der Waals surface area contributed by atoms with Gasteiger partial charge in [-0.25, -0.2) is 12.7 Å². The smallest absolute Gasteiger partial charge is 0.269 e. The van der Waals surface area contributed by atoms with E-state index in [4.69, 9.17) is 0 Å². The predicted octanol–water partition coefficient (Wildman–Crippen LogP) is 2.41. The topological polar surface area (TPSA) is 104 Å². The molecule has 0 saturated heterocycles. The zero-order chi connectivity index (χ0) is 24.2. The fourth-order valence-electron chi connectivity index (χ4n) is 3.61. The average Bonchev–Trinajstić information content (AvgIpc) is 2.99. The Labute approximate surface area is 194 Å². The van der Waals surface area contributed by atoms with E-state index in [1.165, 1.54) is 17.0 Å². The second-order valence-corrected chi connectivity index (χ2v) is 10.3. The van der Waals surface area contributed by atoms with Gasteiger partial charge >= 0.3 is 0 Å². The quantitative estimate of drug-likeness (QED) is 0.605. The summed E-state index contributed by atoms with van der Waals surface area (Å²) in [7, 11) is -4.00. The predicted molar refractivity (Wildman–Crippen MR) is 124 cm³/mol. The molecule has 0 radical (unpaired) electrons. The van der Waals surface area contributed by atoms with Crippen molar-refractivity contribution in [1.29, 1.82) is 0 Å². The van der Waals surface area contributed by atoms with E-state index in [2.05, 4.69) is 5.32 Å². The first kappa shape index (κ1) is 24.4. The van der Waals surface area contributed by atoms with Gasteiger partial charge in [-0.15, -0.1) is 0 Å². The Morgan fingerprint density at radius 3 is 2.27 bits per heavy atom. The lowest BCUT2D eigenvalue weighted by molar-refractivity contribution is -0.140. The molecule has 1 aliphatic heterocycles. The van der Waals surface area contributed by atoms with Gasteiger partial charge in [-0.05, 0) is 30.5 Å². The lowest BCUT2D eigenvalue weighted by Crippen LogP contribution is -2.49. The van der Waals surface area contributed by atoms with Crippen molar-refractivity contribution >= 4 is 27.7 Å². The van der Waals surface area contributed by atoms with Crippen LogP contribution in [0.4, 0.5) is 0 Å². The molecule has 9 heteroatoms. The summed E-state index contributed by atoms with van der Waals surface area (Å²) in [5.41, 5.74) is 0.944. The number of benzene rings is 2. The molecule has 8 nitrogen and oxygen atoms in total. The maximum Gasteiger partial charge on any atom is 0.269 e. The minimum absolute atomic E-state index is 0.0509. The zero-order valence-corrected chi connectivity index (χ0v) is 19.8. The van der Waals surface area contributed by atoms with Crippen LogP contribution >= 0.6 is 0 Å². The molecule has 176 valence electrons. The van der Waals surface area contributed by atoms with Crippen LogP contribution in [0, 0.1) is 5.92 Å². The van der Waals surface area contributed by atoms with Crippen molar-refractivity contribution in [3.8, 4) is 0 Å². The molecule has 0 spiro atoms. The molecular weight excluding hydrogens is 442 g/mol. The highest BCUT2D eigenvalue weighted by molar-refractivity contribution is 7.90. The highest BCUT2D eigenvalue weighted by Gasteiger charge is 2.41. The molecule has 33 heavy (non-hydrogen) atoms. The number of nitrogens with one attached hydrogen (secondary N) is 1. The molecule has 3 amide bonds. The third-order valence-corrected chi connectivity index (χ3v) is 7.33. The molecule has 3 rings (SSSR count). The van der Waals surface area contributed by atoms with E-state index in [1.54, 1.807) is 19.1 Å². The summed E-state index contributed by atoms with van der Waals surface area (Å²) in [6.07, 6.45) is -0.229. The van der Waals surface area contributed by atoms with Crippen LogP contribution in [0.1, 0.15) is 43.1 Å². The van der Waals surface area contributed by atoms with Crippen LogP contribution in [0.15, 0.2) is 59.5 Å². The molecule has 1 atom stereocenters. The van der Waals surface area contributed by atoms with E-state index in [0.29, 0.717) is 6.54 Å². The van der Waals surface area contributed by atoms with Gasteiger partial charge in [0.05, 0.1) is 5.56 Å². The minimum atomic E-state index is -4.00. The molecule has 0 aliphatic carbocycles. The normalized spacial score (nSPS) is 15.3. The fourth-order valence-corrected chi connectivity index (χ4v) is 5.18. The standard InChI is InChI=1S/C24H29N3O5S/c1-17(2)15-25-23(29)18(3)26(16-19-9-5-4-6-10-19)22(28)13-14-27-24(30)20-11-7-8-12-21(20)33(27,31)32/h4-12,17-18H,13-16H2,1-3H3,(H,25,29). The van der Waals surface area contributed by atoms with Crippen LogP contribution in [-0.4, -0.2) is 54.5 Å². The summed E-state index contributed by atoms with van der Waals surface area (Å²) >= 11 is 0. The van der Waals surface area contributed by atoms with Gasteiger partial charge in [-0.1, -0.05) is 56.3 Å². The molecule has 0 fully saturated rings. The number of carbonyl (C=O) groups is 3. The molecule has 0 saturated carbocycles. The summed E-state index contributed by atoms with van der Waals surface area (Å²) in [4.78, 5) is 39.9. The molecular formula is C24H29N3O5S. The van der Waals surface area contributed by atoms with Gasteiger partial charge < -0.3 is 10.2 Å². The van der Waals surface area contributed by atoms with Crippen molar-refractivity contribution in [2.24, 2.45) is 5.92 Å². The van der Waals surface area contributed by atoms with Gasteiger partial charge in [0.2, 0.25) is 11.8 Å². The van der Waals surface area contributed by atoms with Gasteiger partial charge in [-0.2, -0.15) is 0 Å². The van der Waals surface area contributed by atoms with Crippen molar-refractivity contribution in [2.45, 2.75) is 44.7 Å². The van der Waals surface area contributed by atoms with Crippen LogP contribution in [0.25, 0.3) is 0 Å². The number of amides is 3. The molecule has 1 N–H and O–H groups in total. The van der Waals surface area contributed by atoms with E-state index in [9.17, 15) is 22.8 Å². The summed E-state index contributed by atoms with van der Waals surface area (Å²) in [5.74, 6) is -1.08. The van der Waals surface area contributed by atoms with E-state index in [-0.39, 0.29) is 41.8 Å². The number of fused-ring (bicyclic) bond motifs is 1. The van der Waals surface area contributed by atoms with Crippen LogP contribution in [0.2, 0.25) is 0 Å². The number of nitrogens with zero attached hydrogens (tertiary/aromatic N) is 2. The van der Waals surface area contributed by atoms with Crippen molar-refractivity contribution in [3.05, 3.63) is 65.7 Å². The van der Waals surface area contributed by atoms with E-state index in [1.807, 2.05) is 44.2 Å². The summed E-state index contributed by atoms with van der Waals surface area (Å²) in [6, 6.07) is 14.5. The van der Waals surface area contributed by atoms with Gasteiger partial charge in [-0.3, -0.25) is 14.4 Å². The number of hydrogen-bond donors (Lipinski definition) is 1. The van der Waals surface area contributed by atoms with Crippen LogP contribution in [-0.2, 0) is 26.2 Å². The van der Waals surface area contributed by atoms with Gasteiger partial charge in [0, 0.05) is 26.1 Å². The molecule has 1 unspecified atom stereocenters. The average molecular weight is 472 g/mol. The first-order chi connectivity index (χ1) is 15.6. The highest BCUT2D eigenvalue weighted by Crippen LogP contribution is 2.30. The van der Waals surface area contributed by atoms with Crippen molar-refractivity contribution in [1.82, 2.24) is 14.5 Å². The summed E-state index contributed by atoms with van der Waals surface area (Å²) in [6.45, 7) is 5.98. The maximum absolute atomic E-state index is 13.2. The Bertz CT molecular complexity index is 1130. The Hall–Kier alpha value is -3.20. The van der Waals surface area contributed by atoms with Crippen molar-refractivity contribution < 1.29 is 22.8 Å². The third kappa shape index (κ3) is 5.42. The van der Waals surface area contributed by atoms with Crippen LogP contribution < -0.4 is 5.32 Å². The SMILES string of the molecule is CC(C)CNC(=O)C(C)N(Cc1ccccc1)C(=O)CCN1C(=O)c2ccccc2S1(=O)=O. The monoisotopic (exact) mass is 471 g/mol. The molecule has 0 bridgehead atoms. The van der Waals surface area contributed by atoms with E-state index < -0.39 is 27.9 Å². The number of sulfonamides is 1. The van der Waals surface area contributed by atoms with Crippen LogP contribution in [0.5, 0.6) is 0 Å². The summed E-state index contributed by atoms with van der Waals surface area (Å²) in [5, 5.41) is 2.84. The van der Waals surface area contributed by atoms with Gasteiger partial charge in [0.15, 0.2) is 0 Å². The second kappa shape index (κ2) is 10.2. The molecule has 1 aliphatic rings. The molecule has 1 heterocycles. The van der Waals surface area contributed by atoms with Gasteiger partial charge in [0.1, 0.15) is 10.9 Å². The minimum Gasteiger partial charge on any atom is -0.354 e. The molecule has 0 aromatic heterocycles. The summed E-state index contributed by atoms with van der Waals surface area (Å²) < 4.78 is 26.3.